The van der Waals surface area contributed by atoms with E-state index < -0.39 is 16.9 Å². The first-order valence-corrected chi connectivity index (χ1v) is 5.69. The van der Waals surface area contributed by atoms with Gasteiger partial charge in [0.1, 0.15) is 12.0 Å². The Balaban J connectivity index is 2.49. The molecule has 2 rings (SSSR count). The van der Waals surface area contributed by atoms with Crippen LogP contribution in [0.15, 0.2) is 23.2 Å². The lowest BCUT2D eigenvalue weighted by Gasteiger charge is -2.02. The predicted octanol–water partition coefficient (Wildman–Crippen LogP) is 1.07. The number of halogens is 1. The number of nitro groups is 1. The molecule has 0 aliphatic heterocycles. The average Bonchev–Trinajstić information content (AvgIpc) is 2.65. The summed E-state index contributed by atoms with van der Waals surface area (Å²) in [6.07, 6.45) is -0.629. The molecule has 94 valence electrons. The molecule has 1 amide bonds. The van der Waals surface area contributed by atoms with Crippen molar-refractivity contribution in [1.82, 2.24) is 0 Å². The molecule has 0 aromatic heterocycles. The highest BCUT2D eigenvalue weighted by atomic mass is 35.5. The lowest BCUT2D eigenvalue weighted by molar-refractivity contribution is -0.384. The van der Waals surface area contributed by atoms with Gasteiger partial charge in [-0.25, -0.2) is 4.99 Å². The van der Waals surface area contributed by atoms with E-state index >= 15 is 0 Å². The summed E-state index contributed by atoms with van der Waals surface area (Å²) in [6, 6.07) is 4.23. The van der Waals surface area contributed by atoms with Crippen molar-refractivity contribution in [3.63, 3.8) is 0 Å². The average molecular weight is 269 g/mol. The minimum absolute atomic E-state index is 0.103. The Morgan fingerprint density at radius 2 is 2.33 bits per heavy atom. The van der Waals surface area contributed by atoms with Gasteiger partial charge < -0.3 is 5.11 Å². The molecular formula is C11H9ClN2O4. The van der Waals surface area contributed by atoms with Gasteiger partial charge in [0.2, 0.25) is 0 Å². The quantitative estimate of drug-likeness (QED) is 0.493. The van der Waals surface area contributed by atoms with Crippen LogP contribution in [0.4, 0.5) is 5.69 Å². The van der Waals surface area contributed by atoms with Crippen molar-refractivity contribution in [3.8, 4) is 0 Å². The van der Waals surface area contributed by atoms with Crippen LogP contribution >= 0.6 is 11.6 Å². The van der Waals surface area contributed by atoms with Crippen LogP contribution in [0.2, 0.25) is 0 Å². The van der Waals surface area contributed by atoms with E-state index in [1.54, 1.807) is 6.07 Å². The van der Waals surface area contributed by atoms with Gasteiger partial charge in [-0.15, -0.1) is 11.6 Å². The summed E-state index contributed by atoms with van der Waals surface area (Å²) in [5.41, 5.74) is 1.22. The van der Waals surface area contributed by atoms with Gasteiger partial charge in [-0.2, -0.15) is 0 Å². The molecule has 0 fully saturated rings. The second-order valence-corrected chi connectivity index (χ2v) is 4.11. The number of nitrogens with zero attached hydrogens (tertiary/aromatic N) is 2. The number of rotatable bonds is 2. The zero-order valence-electron chi connectivity index (χ0n) is 9.17. The van der Waals surface area contributed by atoms with Gasteiger partial charge in [-0.05, 0) is 5.56 Å². The Hall–Kier alpha value is -1.79. The molecule has 0 unspecified atom stereocenters. The number of amides is 1. The molecule has 0 spiro atoms. The maximum absolute atomic E-state index is 11.2. The number of carbonyl (C=O) groups excluding carboxylic acids is 1. The van der Waals surface area contributed by atoms with Crippen molar-refractivity contribution in [2.45, 2.75) is 12.5 Å². The van der Waals surface area contributed by atoms with Crippen molar-refractivity contribution in [1.29, 1.82) is 0 Å². The van der Waals surface area contributed by atoms with Crippen molar-refractivity contribution < 1.29 is 14.8 Å². The van der Waals surface area contributed by atoms with Crippen molar-refractivity contribution in [3.05, 3.63) is 39.4 Å². The van der Waals surface area contributed by atoms with Crippen LogP contribution in [0, 0.1) is 10.1 Å². The predicted molar refractivity (Wildman–Crippen MR) is 65.1 cm³/mol. The molecule has 1 aliphatic rings. The van der Waals surface area contributed by atoms with Crippen LogP contribution in [0.3, 0.4) is 0 Å². The van der Waals surface area contributed by atoms with Gasteiger partial charge in [0.15, 0.2) is 0 Å². The summed E-state index contributed by atoms with van der Waals surface area (Å²) < 4.78 is 0. The van der Waals surface area contributed by atoms with Gasteiger partial charge >= 0.3 is 0 Å². The van der Waals surface area contributed by atoms with E-state index in [4.69, 9.17) is 11.6 Å². The molecule has 7 heteroatoms. The topological polar surface area (TPSA) is 92.8 Å². The van der Waals surface area contributed by atoms with E-state index in [1.165, 1.54) is 12.1 Å². The molecule has 1 aromatic carbocycles. The fourth-order valence-electron chi connectivity index (χ4n) is 1.88. The Bertz CT molecular complexity index is 556. The lowest BCUT2D eigenvalue weighted by Crippen LogP contribution is -2.18. The first kappa shape index (κ1) is 12.7. The maximum atomic E-state index is 11.2. The normalized spacial score (nSPS) is 19.9. The Kier molecular flexibility index (Phi) is 3.40. The number of fused-ring (bicyclic) bond motifs is 1. The summed E-state index contributed by atoms with van der Waals surface area (Å²) in [5, 5.41) is 20.5. The van der Waals surface area contributed by atoms with Crippen LogP contribution in [-0.4, -0.2) is 33.6 Å². The third-order valence-electron chi connectivity index (χ3n) is 2.67. The second-order valence-electron chi connectivity index (χ2n) is 3.84. The van der Waals surface area contributed by atoms with Gasteiger partial charge in [-0.1, -0.05) is 6.07 Å². The number of aliphatic imine (C=N–C) groups is 1. The van der Waals surface area contributed by atoms with E-state index in [0.29, 0.717) is 12.0 Å². The highest BCUT2D eigenvalue weighted by molar-refractivity contribution is 6.28. The van der Waals surface area contributed by atoms with E-state index in [0.717, 1.165) is 5.56 Å². The van der Waals surface area contributed by atoms with Crippen molar-refractivity contribution in [2.75, 3.05) is 5.88 Å². The number of benzene rings is 1. The van der Waals surface area contributed by atoms with Crippen LogP contribution in [0.25, 0.3) is 0 Å². The Morgan fingerprint density at radius 3 is 2.94 bits per heavy atom. The van der Waals surface area contributed by atoms with E-state index in [1.807, 2.05) is 0 Å². The van der Waals surface area contributed by atoms with Crippen LogP contribution < -0.4 is 0 Å². The number of aliphatic hydroxyl groups is 1. The molecule has 0 saturated heterocycles. The highest BCUT2D eigenvalue weighted by Gasteiger charge is 2.29. The number of nitro benzene ring substituents is 1. The monoisotopic (exact) mass is 268 g/mol. The van der Waals surface area contributed by atoms with Gasteiger partial charge in [-0.3, -0.25) is 14.9 Å². The van der Waals surface area contributed by atoms with E-state index in [-0.39, 0.29) is 17.3 Å². The summed E-state index contributed by atoms with van der Waals surface area (Å²) in [4.78, 5) is 25.0. The first-order chi connectivity index (χ1) is 8.52. The molecule has 1 aromatic rings. The lowest BCUT2D eigenvalue weighted by atomic mass is 10.1. The molecule has 1 aliphatic carbocycles. The molecular weight excluding hydrogens is 260 g/mol. The summed E-state index contributed by atoms with van der Waals surface area (Å²) in [6.45, 7) is 0. The van der Waals surface area contributed by atoms with Crippen LogP contribution in [-0.2, 0) is 11.2 Å². The zero-order valence-corrected chi connectivity index (χ0v) is 9.92. The number of aliphatic hydroxyl groups excluding tert-OH is 1. The molecule has 6 nitrogen and oxygen atoms in total. The number of carbonyl (C=O) groups is 1. The second kappa shape index (κ2) is 4.83. The third kappa shape index (κ3) is 2.25. The fourth-order valence-corrected chi connectivity index (χ4v) is 1.94. The van der Waals surface area contributed by atoms with Crippen molar-refractivity contribution >= 4 is 28.9 Å². The molecule has 18 heavy (non-hydrogen) atoms. The summed E-state index contributed by atoms with van der Waals surface area (Å²) in [5.74, 6) is -0.870. The van der Waals surface area contributed by atoms with Gasteiger partial charge in [0.25, 0.3) is 11.6 Å². The minimum atomic E-state index is -0.922. The van der Waals surface area contributed by atoms with Gasteiger partial charge in [0.05, 0.1) is 10.6 Å². The van der Waals surface area contributed by atoms with Crippen LogP contribution in [0.1, 0.15) is 11.1 Å². The Labute approximate surface area is 107 Å². The summed E-state index contributed by atoms with van der Waals surface area (Å²) >= 11 is 5.34. The first-order valence-electron chi connectivity index (χ1n) is 5.16. The summed E-state index contributed by atoms with van der Waals surface area (Å²) in [7, 11) is 0. The SMILES string of the molecule is O=C(CCl)/N=C1/c2cc([N+](=O)[O-])ccc2C[C@@H]1O. The smallest absolute Gasteiger partial charge is 0.270 e. The number of hydrogen-bond donors (Lipinski definition) is 1. The molecule has 0 radical (unpaired) electrons. The zero-order chi connectivity index (χ0) is 13.3. The Morgan fingerprint density at radius 1 is 1.61 bits per heavy atom. The number of alkyl halides is 1. The van der Waals surface area contributed by atoms with Gasteiger partial charge in [0, 0.05) is 24.1 Å². The van der Waals surface area contributed by atoms with Crippen LogP contribution in [0.5, 0.6) is 0 Å². The minimum Gasteiger partial charge on any atom is -0.386 e. The van der Waals surface area contributed by atoms with E-state index in [2.05, 4.69) is 4.99 Å². The maximum Gasteiger partial charge on any atom is 0.270 e. The fraction of sp³-hybridized carbons (Fsp3) is 0.273. The molecule has 1 atom stereocenters. The van der Waals surface area contributed by atoms with E-state index in [9.17, 15) is 20.0 Å². The van der Waals surface area contributed by atoms with Crippen molar-refractivity contribution in [2.24, 2.45) is 4.99 Å². The molecule has 1 N–H and O–H groups in total. The standard InChI is InChI=1S/C11H9ClN2O4/c12-5-10(16)13-11-8-4-7(14(17)18)2-1-6(8)3-9(11)15/h1-2,4,9,15H,3,5H2/b13-11-/t9-/m0/s1. The highest BCUT2D eigenvalue weighted by Crippen LogP contribution is 2.27. The third-order valence-corrected chi connectivity index (χ3v) is 2.90. The molecule has 0 saturated carbocycles. The molecule has 0 heterocycles. The molecule has 0 bridgehead atoms. The number of hydrogen-bond acceptors (Lipinski definition) is 4. The number of non-ortho nitro benzene ring substituents is 1. The largest absolute Gasteiger partial charge is 0.386 e.